The maximum atomic E-state index is 13.5. The van der Waals surface area contributed by atoms with Gasteiger partial charge in [-0.05, 0) is 53.9 Å². The van der Waals surface area contributed by atoms with Crippen LogP contribution in [-0.2, 0) is 22.1 Å². The molecule has 2 aromatic carbocycles. The predicted octanol–water partition coefficient (Wildman–Crippen LogP) is 3.17. The molecule has 0 bridgehead atoms. The number of carbonyl (C=O) groups is 1. The smallest absolute Gasteiger partial charge is 0.253 e. The fourth-order valence-electron chi connectivity index (χ4n) is 4.62. The Labute approximate surface area is 180 Å². The average Bonchev–Trinajstić information content (AvgIpc) is 3.30. The van der Waals surface area contributed by atoms with Crippen molar-refractivity contribution in [1.82, 2.24) is 14.2 Å². The second kappa shape index (κ2) is 7.25. The molecule has 1 fully saturated rings. The number of hydrogen-bond acceptors (Lipinski definition) is 4. The van der Waals surface area contributed by atoms with Gasteiger partial charge in [0.1, 0.15) is 5.82 Å². The summed E-state index contributed by atoms with van der Waals surface area (Å²) in [5, 5.41) is 0. The summed E-state index contributed by atoms with van der Waals surface area (Å²) in [6.45, 7) is 0.812. The first-order valence-corrected chi connectivity index (χ1v) is 11.4. The maximum Gasteiger partial charge on any atom is 0.253 e. The van der Waals surface area contributed by atoms with E-state index in [9.17, 15) is 17.6 Å². The molecule has 1 atom stereocenters. The molecule has 1 aromatic heterocycles. The Balaban J connectivity index is 1.55. The molecule has 5 rings (SSSR count). The lowest BCUT2D eigenvalue weighted by atomic mass is 9.88. The zero-order valence-electron chi connectivity index (χ0n) is 16.6. The first-order chi connectivity index (χ1) is 14.9. The van der Waals surface area contributed by atoms with E-state index >= 15 is 0 Å². The standard InChI is InChI=1S/C23H20FN3O3S/c24-19-9-7-18(8-10-19)22(28)26-13-11-23(16-26)20-5-1-2-6-21(20)31(29,30)27(23)15-17-4-3-12-25-14-17/h1-10,12,14H,11,13,15-16H2/t23-/m1/s1. The minimum atomic E-state index is -3.74. The van der Waals surface area contributed by atoms with E-state index in [4.69, 9.17) is 0 Å². The summed E-state index contributed by atoms with van der Waals surface area (Å²) in [5.74, 6) is -0.645. The minimum Gasteiger partial charge on any atom is -0.336 e. The van der Waals surface area contributed by atoms with E-state index in [1.54, 1.807) is 35.5 Å². The molecule has 2 aliphatic rings. The molecule has 2 aliphatic heterocycles. The first-order valence-electron chi connectivity index (χ1n) is 9.98. The highest BCUT2D eigenvalue weighted by Gasteiger charge is 2.57. The Morgan fingerprint density at radius 2 is 1.84 bits per heavy atom. The highest BCUT2D eigenvalue weighted by Crippen LogP contribution is 2.50. The summed E-state index contributed by atoms with van der Waals surface area (Å²) >= 11 is 0. The van der Waals surface area contributed by atoms with E-state index in [2.05, 4.69) is 4.98 Å². The number of aromatic nitrogens is 1. The normalized spacial score (nSPS) is 22.0. The molecule has 0 N–H and O–H groups in total. The fourth-order valence-corrected chi connectivity index (χ4v) is 6.67. The third kappa shape index (κ3) is 3.14. The van der Waals surface area contributed by atoms with Gasteiger partial charge in [0.25, 0.3) is 5.91 Å². The fraction of sp³-hybridized carbons (Fsp3) is 0.217. The van der Waals surface area contributed by atoms with Gasteiger partial charge in [-0.1, -0.05) is 24.3 Å². The van der Waals surface area contributed by atoms with Gasteiger partial charge >= 0.3 is 0 Å². The van der Waals surface area contributed by atoms with Crippen molar-refractivity contribution in [2.24, 2.45) is 0 Å². The van der Waals surface area contributed by atoms with Crippen LogP contribution < -0.4 is 0 Å². The van der Waals surface area contributed by atoms with Crippen LogP contribution >= 0.6 is 0 Å². The number of halogens is 1. The SMILES string of the molecule is O=C(c1ccc(F)cc1)N1CC[C@@]2(C1)c1ccccc1S(=O)(=O)N2Cc1cccnc1. The number of carbonyl (C=O) groups excluding carboxylic acids is 1. The molecule has 8 heteroatoms. The van der Waals surface area contributed by atoms with Crippen molar-refractivity contribution in [1.29, 1.82) is 0 Å². The Hall–Kier alpha value is -3.10. The van der Waals surface area contributed by atoms with Crippen molar-refractivity contribution < 1.29 is 17.6 Å². The van der Waals surface area contributed by atoms with Gasteiger partial charge in [-0.25, -0.2) is 12.8 Å². The molecule has 0 aliphatic carbocycles. The van der Waals surface area contributed by atoms with Crippen molar-refractivity contribution >= 4 is 15.9 Å². The summed E-state index contributed by atoms with van der Waals surface area (Å²) in [4.78, 5) is 19.1. The number of benzene rings is 2. The van der Waals surface area contributed by atoms with Crippen molar-refractivity contribution in [3.8, 4) is 0 Å². The summed E-state index contributed by atoms with van der Waals surface area (Å²) in [6.07, 6.45) is 3.78. The highest BCUT2D eigenvalue weighted by molar-refractivity contribution is 7.89. The topological polar surface area (TPSA) is 70.6 Å². The van der Waals surface area contributed by atoms with Crippen LogP contribution in [0.25, 0.3) is 0 Å². The van der Waals surface area contributed by atoms with Crippen LogP contribution in [0.15, 0.2) is 78.0 Å². The number of nitrogens with zero attached hydrogens (tertiary/aromatic N) is 3. The Morgan fingerprint density at radius 1 is 1.06 bits per heavy atom. The lowest BCUT2D eigenvalue weighted by Crippen LogP contribution is -2.46. The Kier molecular flexibility index (Phi) is 4.64. The largest absolute Gasteiger partial charge is 0.336 e. The molecular formula is C23H20FN3O3S. The van der Waals surface area contributed by atoms with Crippen LogP contribution in [0.2, 0.25) is 0 Å². The lowest BCUT2D eigenvalue weighted by Gasteiger charge is -2.34. The zero-order valence-corrected chi connectivity index (χ0v) is 17.4. The predicted molar refractivity (Wildman–Crippen MR) is 112 cm³/mol. The molecule has 6 nitrogen and oxygen atoms in total. The summed E-state index contributed by atoms with van der Waals surface area (Å²) in [5.41, 5.74) is 1.03. The number of amides is 1. The van der Waals surface area contributed by atoms with E-state index in [0.29, 0.717) is 24.1 Å². The van der Waals surface area contributed by atoms with E-state index in [1.165, 1.54) is 28.6 Å². The van der Waals surface area contributed by atoms with Crippen LogP contribution in [0.4, 0.5) is 4.39 Å². The summed E-state index contributed by atoms with van der Waals surface area (Å²) in [6, 6.07) is 16.0. The number of pyridine rings is 1. The van der Waals surface area contributed by atoms with Crippen LogP contribution in [-0.4, -0.2) is 41.6 Å². The van der Waals surface area contributed by atoms with Gasteiger partial charge in [-0.3, -0.25) is 9.78 Å². The summed E-state index contributed by atoms with van der Waals surface area (Å²) in [7, 11) is -3.74. The van der Waals surface area contributed by atoms with Gasteiger partial charge in [0.15, 0.2) is 0 Å². The minimum absolute atomic E-state index is 0.170. The Morgan fingerprint density at radius 3 is 2.58 bits per heavy atom. The zero-order chi connectivity index (χ0) is 21.6. The molecule has 0 radical (unpaired) electrons. The molecule has 1 spiro atoms. The third-order valence-electron chi connectivity index (χ3n) is 6.11. The van der Waals surface area contributed by atoms with Gasteiger partial charge in [0.2, 0.25) is 10.0 Å². The number of hydrogen-bond donors (Lipinski definition) is 0. The Bertz CT molecular complexity index is 1250. The van der Waals surface area contributed by atoms with E-state index in [-0.39, 0.29) is 23.9 Å². The second-order valence-corrected chi connectivity index (χ2v) is 9.72. The number of fused-ring (bicyclic) bond motifs is 2. The van der Waals surface area contributed by atoms with Crippen LogP contribution in [0.1, 0.15) is 27.9 Å². The number of sulfonamides is 1. The van der Waals surface area contributed by atoms with Crippen LogP contribution in [0, 0.1) is 5.82 Å². The van der Waals surface area contributed by atoms with Gasteiger partial charge in [-0.2, -0.15) is 4.31 Å². The van der Waals surface area contributed by atoms with Gasteiger partial charge in [-0.15, -0.1) is 0 Å². The number of likely N-dealkylation sites (tertiary alicyclic amines) is 1. The van der Waals surface area contributed by atoms with E-state index in [1.807, 2.05) is 18.2 Å². The molecule has 3 heterocycles. The van der Waals surface area contributed by atoms with Crippen LogP contribution in [0.5, 0.6) is 0 Å². The number of rotatable bonds is 3. The van der Waals surface area contributed by atoms with Gasteiger partial charge in [0.05, 0.1) is 10.4 Å². The molecule has 0 saturated carbocycles. The van der Waals surface area contributed by atoms with E-state index in [0.717, 1.165) is 5.56 Å². The summed E-state index contributed by atoms with van der Waals surface area (Å²) < 4.78 is 41.8. The monoisotopic (exact) mass is 437 g/mol. The van der Waals surface area contributed by atoms with Gasteiger partial charge < -0.3 is 4.90 Å². The molecule has 1 saturated heterocycles. The second-order valence-electron chi connectivity index (χ2n) is 7.88. The van der Waals surface area contributed by atoms with E-state index < -0.39 is 21.4 Å². The average molecular weight is 437 g/mol. The van der Waals surface area contributed by atoms with Crippen molar-refractivity contribution in [3.63, 3.8) is 0 Å². The van der Waals surface area contributed by atoms with Crippen LogP contribution in [0.3, 0.4) is 0 Å². The lowest BCUT2D eigenvalue weighted by molar-refractivity contribution is 0.0762. The quantitative estimate of drug-likeness (QED) is 0.631. The maximum absolute atomic E-state index is 13.5. The van der Waals surface area contributed by atoms with Crippen molar-refractivity contribution in [3.05, 3.63) is 95.6 Å². The molecule has 31 heavy (non-hydrogen) atoms. The van der Waals surface area contributed by atoms with Crippen molar-refractivity contribution in [2.75, 3.05) is 13.1 Å². The molecule has 1 amide bonds. The molecular weight excluding hydrogens is 417 g/mol. The highest BCUT2D eigenvalue weighted by atomic mass is 32.2. The molecule has 158 valence electrons. The molecule has 3 aromatic rings. The molecule has 0 unspecified atom stereocenters. The van der Waals surface area contributed by atoms with Gasteiger partial charge in [0, 0.05) is 37.6 Å². The third-order valence-corrected chi connectivity index (χ3v) is 8.08. The van der Waals surface area contributed by atoms with Crippen molar-refractivity contribution in [2.45, 2.75) is 23.4 Å². The first kappa shape index (κ1) is 19.8.